The molecule has 1 aliphatic heterocycles. The predicted octanol–water partition coefficient (Wildman–Crippen LogP) is 4.89. The van der Waals surface area contributed by atoms with Gasteiger partial charge in [0.05, 0.1) is 36.4 Å². The Morgan fingerprint density at radius 3 is 2.30 bits per heavy atom. The van der Waals surface area contributed by atoms with Crippen LogP contribution in [0, 0.1) is 17.1 Å². The van der Waals surface area contributed by atoms with E-state index in [0.29, 0.717) is 22.1 Å². The number of sulfonamides is 2. The van der Waals surface area contributed by atoms with Crippen LogP contribution in [-0.4, -0.2) is 82.5 Å². The number of Topliss-reactive ketones (excluding diaryl/α,β-unsaturated/α-hetero) is 1. The van der Waals surface area contributed by atoms with Crippen molar-refractivity contribution in [1.29, 1.82) is 5.26 Å². The molecule has 1 atom stereocenters. The Morgan fingerprint density at radius 1 is 1.00 bits per heavy atom. The van der Waals surface area contributed by atoms with Gasteiger partial charge in [-0.25, -0.2) is 21.2 Å². The summed E-state index contributed by atoms with van der Waals surface area (Å²) in [6.07, 6.45) is 2.24. The summed E-state index contributed by atoms with van der Waals surface area (Å²) in [4.78, 5) is 28.4. The van der Waals surface area contributed by atoms with Crippen LogP contribution in [0.4, 0.5) is 10.1 Å². The summed E-state index contributed by atoms with van der Waals surface area (Å²) in [5.41, 5.74) is 2.37. The fourth-order valence-corrected chi connectivity index (χ4v) is 7.83. The highest BCUT2D eigenvalue weighted by atomic mass is 32.2. The SMILES string of the molecule is CCC(=O)c1c(-c2ccc(F)cc2)oc2cc(N(CC)S(C)(=O)=O)c(-c3cccc(C(=O)N4CCN(S(C)(=O)=O)C(C#N)C4)c3)cc12. The van der Waals surface area contributed by atoms with Crippen molar-refractivity contribution < 1.29 is 35.2 Å². The number of ketones is 1. The number of amides is 1. The highest BCUT2D eigenvalue weighted by Gasteiger charge is 2.35. The Hall–Kier alpha value is -4.58. The Kier molecular flexibility index (Phi) is 9.27. The summed E-state index contributed by atoms with van der Waals surface area (Å²) >= 11 is 0. The molecule has 1 fully saturated rings. The van der Waals surface area contributed by atoms with Crippen LogP contribution in [0.5, 0.6) is 0 Å². The third kappa shape index (κ3) is 6.64. The van der Waals surface area contributed by atoms with Gasteiger partial charge >= 0.3 is 0 Å². The zero-order valence-corrected chi connectivity index (χ0v) is 27.9. The first kappa shape index (κ1) is 33.8. The van der Waals surface area contributed by atoms with Crippen molar-refractivity contribution in [2.24, 2.45) is 0 Å². The number of carbonyl (C=O) groups is 2. The standard InChI is InChI=1S/C33H33FN4O7S2/c1-5-29(39)31-27-17-26(22-8-7-9-23(16-22)33(40)36-14-15-38(47(4,43)44)25(19-35)20-36)28(37(6-2)46(3,41)42)18-30(27)45-32(31)21-10-12-24(34)13-11-21/h7-13,16-18,25H,5-6,14-15,20H2,1-4H3. The van der Waals surface area contributed by atoms with Gasteiger partial charge in [-0.15, -0.1) is 0 Å². The van der Waals surface area contributed by atoms with Crippen molar-refractivity contribution in [1.82, 2.24) is 9.21 Å². The van der Waals surface area contributed by atoms with E-state index in [9.17, 15) is 36.1 Å². The second-order valence-corrected chi connectivity index (χ2v) is 15.1. The zero-order chi connectivity index (χ0) is 34.3. The molecule has 2 heterocycles. The topological polar surface area (TPSA) is 149 Å². The molecule has 246 valence electrons. The largest absolute Gasteiger partial charge is 0.455 e. The second-order valence-electron chi connectivity index (χ2n) is 11.2. The van der Waals surface area contributed by atoms with E-state index in [1.807, 2.05) is 6.07 Å². The average Bonchev–Trinajstić information content (AvgIpc) is 3.41. The summed E-state index contributed by atoms with van der Waals surface area (Å²) in [6, 6.07) is 16.2. The van der Waals surface area contributed by atoms with E-state index >= 15 is 0 Å². The third-order valence-electron chi connectivity index (χ3n) is 8.08. The number of fused-ring (bicyclic) bond motifs is 1. The highest BCUT2D eigenvalue weighted by molar-refractivity contribution is 7.92. The minimum absolute atomic E-state index is 0.0335. The number of hydrogen-bond acceptors (Lipinski definition) is 8. The molecule has 5 rings (SSSR count). The molecule has 1 amide bonds. The maximum atomic E-state index is 13.7. The van der Waals surface area contributed by atoms with Crippen LogP contribution in [0.3, 0.4) is 0 Å². The van der Waals surface area contributed by atoms with E-state index in [2.05, 4.69) is 0 Å². The lowest BCUT2D eigenvalue weighted by atomic mass is 9.95. The Morgan fingerprint density at radius 2 is 1.70 bits per heavy atom. The summed E-state index contributed by atoms with van der Waals surface area (Å²) in [6.45, 7) is 3.37. The van der Waals surface area contributed by atoms with E-state index in [0.717, 1.165) is 16.8 Å². The molecule has 0 saturated carbocycles. The molecule has 1 aromatic heterocycles. The van der Waals surface area contributed by atoms with Crippen LogP contribution in [0.1, 0.15) is 41.0 Å². The van der Waals surface area contributed by atoms with E-state index in [4.69, 9.17) is 4.42 Å². The monoisotopic (exact) mass is 680 g/mol. The van der Waals surface area contributed by atoms with Crippen LogP contribution < -0.4 is 4.31 Å². The van der Waals surface area contributed by atoms with Gasteiger partial charge in [0, 0.05) is 54.2 Å². The smallest absolute Gasteiger partial charge is 0.254 e. The van der Waals surface area contributed by atoms with E-state index in [-0.39, 0.29) is 66.5 Å². The fraction of sp³-hybridized carbons (Fsp3) is 0.303. The minimum Gasteiger partial charge on any atom is -0.455 e. The van der Waals surface area contributed by atoms with Crippen molar-refractivity contribution in [3.05, 3.63) is 77.6 Å². The number of nitriles is 1. The van der Waals surface area contributed by atoms with Crippen LogP contribution in [0.15, 0.2) is 65.1 Å². The van der Waals surface area contributed by atoms with Crippen molar-refractivity contribution in [2.75, 3.05) is 43.0 Å². The van der Waals surface area contributed by atoms with Gasteiger partial charge in [0.25, 0.3) is 5.91 Å². The molecule has 1 aliphatic rings. The molecule has 1 saturated heterocycles. The number of carbonyl (C=O) groups excluding carboxylic acids is 2. The van der Waals surface area contributed by atoms with Crippen molar-refractivity contribution in [2.45, 2.75) is 26.3 Å². The quantitative estimate of drug-likeness (QED) is 0.227. The van der Waals surface area contributed by atoms with Gasteiger partial charge in [-0.2, -0.15) is 9.57 Å². The molecule has 47 heavy (non-hydrogen) atoms. The zero-order valence-electron chi connectivity index (χ0n) is 26.2. The molecule has 11 nitrogen and oxygen atoms in total. The van der Waals surface area contributed by atoms with Crippen LogP contribution >= 0.6 is 0 Å². The fourth-order valence-electron chi connectivity index (χ4n) is 5.87. The molecule has 4 aromatic rings. The van der Waals surface area contributed by atoms with Crippen molar-refractivity contribution >= 4 is 48.4 Å². The van der Waals surface area contributed by atoms with Crippen LogP contribution in [0.25, 0.3) is 33.4 Å². The first-order chi connectivity index (χ1) is 22.2. The molecular weight excluding hydrogens is 648 g/mol. The molecule has 14 heteroatoms. The summed E-state index contributed by atoms with van der Waals surface area (Å²) in [5.74, 6) is -0.899. The number of halogens is 1. The molecule has 3 aromatic carbocycles. The minimum atomic E-state index is -3.79. The number of nitrogens with zero attached hydrogens (tertiary/aromatic N) is 4. The molecule has 1 unspecified atom stereocenters. The number of hydrogen-bond donors (Lipinski definition) is 0. The molecule has 0 N–H and O–H groups in total. The Labute approximate surface area is 272 Å². The number of rotatable bonds is 9. The molecular formula is C33H33FN4O7S2. The molecule has 0 aliphatic carbocycles. The van der Waals surface area contributed by atoms with Crippen LogP contribution in [0.2, 0.25) is 0 Å². The first-order valence-electron chi connectivity index (χ1n) is 14.8. The lowest BCUT2D eigenvalue weighted by Crippen LogP contribution is -2.55. The maximum absolute atomic E-state index is 13.7. The van der Waals surface area contributed by atoms with Gasteiger partial charge in [-0.1, -0.05) is 19.1 Å². The van der Waals surface area contributed by atoms with Gasteiger partial charge in [-0.05, 0) is 55.0 Å². The summed E-state index contributed by atoms with van der Waals surface area (Å²) in [5, 5.41) is 10.0. The number of anilines is 1. The lowest BCUT2D eigenvalue weighted by Gasteiger charge is -2.36. The molecule has 0 radical (unpaired) electrons. The van der Waals surface area contributed by atoms with Crippen molar-refractivity contribution in [3.8, 4) is 28.5 Å². The maximum Gasteiger partial charge on any atom is 0.254 e. The highest BCUT2D eigenvalue weighted by Crippen LogP contribution is 2.42. The average molecular weight is 681 g/mol. The summed E-state index contributed by atoms with van der Waals surface area (Å²) in [7, 11) is -7.44. The van der Waals surface area contributed by atoms with E-state index in [1.165, 1.54) is 33.5 Å². The number of benzene rings is 3. The van der Waals surface area contributed by atoms with Gasteiger partial charge in [0.1, 0.15) is 23.2 Å². The predicted molar refractivity (Wildman–Crippen MR) is 176 cm³/mol. The van der Waals surface area contributed by atoms with Gasteiger partial charge in [-0.3, -0.25) is 13.9 Å². The number of piperazine rings is 1. The van der Waals surface area contributed by atoms with E-state index < -0.39 is 37.8 Å². The summed E-state index contributed by atoms with van der Waals surface area (Å²) < 4.78 is 72.4. The molecule has 0 spiro atoms. The van der Waals surface area contributed by atoms with E-state index in [1.54, 1.807) is 50.2 Å². The molecule has 0 bridgehead atoms. The Balaban J connectivity index is 1.67. The Bertz CT molecular complexity index is 2140. The van der Waals surface area contributed by atoms with Crippen LogP contribution in [-0.2, 0) is 20.0 Å². The first-order valence-corrected chi connectivity index (χ1v) is 18.5. The lowest BCUT2D eigenvalue weighted by molar-refractivity contribution is 0.0665. The van der Waals surface area contributed by atoms with Gasteiger partial charge in [0.2, 0.25) is 20.0 Å². The normalized spacial score (nSPS) is 15.8. The third-order valence-corrected chi connectivity index (χ3v) is 10.6. The van der Waals surface area contributed by atoms with Gasteiger partial charge in [0.15, 0.2) is 5.78 Å². The second kappa shape index (κ2) is 12.9. The van der Waals surface area contributed by atoms with Crippen molar-refractivity contribution in [3.63, 3.8) is 0 Å². The number of furan rings is 1. The van der Waals surface area contributed by atoms with Gasteiger partial charge < -0.3 is 9.32 Å².